The quantitative estimate of drug-likeness (QED) is 0.0113. The Morgan fingerprint density at radius 1 is 0.424 bits per heavy atom. The smallest absolute Gasteiger partial charge is 0.220 e. The molecule has 0 aliphatic carbocycles. The van der Waals surface area contributed by atoms with Gasteiger partial charge < -0.3 is 151 Å². The Bertz CT molecular complexity index is 3340. The van der Waals surface area contributed by atoms with Crippen LogP contribution in [0.4, 0.5) is 0 Å². The van der Waals surface area contributed by atoms with Crippen LogP contribution in [0.2, 0.25) is 0 Å². The Kier molecular flexibility index (Phi) is 45.1. The summed E-state index contributed by atoms with van der Waals surface area (Å²) in [5.74, 6) is -1.29. The standard InChI is InChI=1S/C77H128N16O32/c1-54(94)80-62-65(99)68(102)75(51-120-71(62)123-75)48-114-36-33-111-30-27-108-24-21-105-18-15-91-39-57(84-88-91)42-117-45-74(83-61(98)13-9-5-4-7-11-60(97)12-8-6-10-14-79-87-78,46-118-43-58-40-92(89-85-58)16-19-106-22-25-109-28-31-112-34-37-115-49-76-52-121-72(124-76)63(81-55(2)95)66(100)69(76)103)47-119-44-59-41-93(90-86-59)17-20-107-23-26-110-29-32-113-35-38-116-50-77-53-122-73(125-77)64(82-56(3)96)67(101)70(77)104/h39-41,62-73,99-104H,4-38,42-53H2,1-3H3,(H,80,94)(H,81,95)(H,82,96)(H,83,98)/t62-,63-,64-,65-,66-,67-,68-,69-,70-,71+,72+,73+,75+,76+,77+/m1/s1. The van der Waals surface area contributed by atoms with E-state index in [9.17, 15) is 54.6 Å². The average Bonchev–Trinajstić information content (AvgIpc) is 1.62. The minimum Gasteiger partial charge on any atom is -0.388 e. The highest BCUT2D eigenvalue weighted by Gasteiger charge is 2.62. The number of fused-ring (bicyclic) bond motifs is 6. The summed E-state index contributed by atoms with van der Waals surface area (Å²) >= 11 is 0. The number of ether oxygens (including phenoxy) is 21. The van der Waals surface area contributed by atoms with Gasteiger partial charge in [0.1, 0.15) is 100.0 Å². The van der Waals surface area contributed by atoms with Crippen LogP contribution in [-0.2, 0) is 163 Å². The van der Waals surface area contributed by atoms with Gasteiger partial charge in [-0.15, -0.1) is 15.3 Å². The van der Waals surface area contributed by atoms with E-state index >= 15 is 0 Å². The van der Waals surface area contributed by atoms with Gasteiger partial charge in [0, 0.05) is 51.5 Å². The highest BCUT2D eigenvalue weighted by molar-refractivity contribution is 5.78. The van der Waals surface area contributed by atoms with Crippen molar-refractivity contribution in [2.45, 2.75) is 220 Å². The van der Waals surface area contributed by atoms with Crippen molar-refractivity contribution in [3.63, 3.8) is 0 Å². The average molecular weight is 1790 g/mol. The van der Waals surface area contributed by atoms with Gasteiger partial charge in [0.25, 0.3) is 0 Å². The maximum absolute atomic E-state index is 14.2. The van der Waals surface area contributed by atoms with Crippen LogP contribution in [0.25, 0.3) is 10.4 Å². The van der Waals surface area contributed by atoms with E-state index in [4.69, 9.17) is 105 Å². The van der Waals surface area contributed by atoms with Crippen molar-refractivity contribution in [2.75, 3.05) is 205 Å². The molecule has 6 bridgehead atoms. The van der Waals surface area contributed by atoms with Crippen LogP contribution in [0.5, 0.6) is 0 Å². The van der Waals surface area contributed by atoms with Crippen LogP contribution in [0, 0.1) is 0 Å². The molecule has 0 saturated carbocycles. The summed E-state index contributed by atoms with van der Waals surface area (Å²) in [5.41, 5.74) is 4.87. The largest absolute Gasteiger partial charge is 0.388 e. The third-order valence-electron chi connectivity index (χ3n) is 20.9. The monoisotopic (exact) mass is 1790 g/mol. The number of hydrogen-bond acceptors (Lipinski definition) is 39. The van der Waals surface area contributed by atoms with Crippen LogP contribution < -0.4 is 21.3 Å². The molecule has 0 unspecified atom stereocenters. The number of nitrogens with one attached hydrogen (secondary N) is 4. The molecule has 3 aromatic heterocycles. The number of hydrogen-bond donors (Lipinski definition) is 10. The van der Waals surface area contributed by atoms with Gasteiger partial charge in [-0.2, -0.15) is 0 Å². The Morgan fingerprint density at radius 2 is 0.712 bits per heavy atom. The zero-order valence-electron chi connectivity index (χ0n) is 71.6. The predicted molar refractivity (Wildman–Crippen MR) is 424 cm³/mol. The number of aromatic nitrogens is 9. The maximum atomic E-state index is 14.2. The molecule has 6 aliphatic heterocycles. The molecule has 0 spiro atoms. The van der Waals surface area contributed by atoms with Crippen LogP contribution >= 0.6 is 0 Å². The normalized spacial score (nSPS) is 25.6. The second-order valence-electron chi connectivity index (χ2n) is 31.2. The zero-order valence-corrected chi connectivity index (χ0v) is 71.6. The van der Waals surface area contributed by atoms with Crippen LogP contribution in [0.1, 0.15) is 102 Å². The number of nitrogens with zero attached hydrogens (tertiary/aromatic N) is 12. The van der Waals surface area contributed by atoms with E-state index in [-0.39, 0.29) is 157 Å². The van der Waals surface area contributed by atoms with E-state index in [0.29, 0.717) is 155 Å². The van der Waals surface area contributed by atoms with Gasteiger partial charge >= 0.3 is 0 Å². The molecular formula is C77H128N16O32. The number of Topliss-reactive ketones (excluding diaryl/α,β-unsaturated/α-hetero) is 1. The molecule has 708 valence electrons. The Labute approximate surface area is 723 Å². The van der Waals surface area contributed by atoms with Crippen LogP contribution in [-0.4, -0.2) is 406 Å². The Morgan fingerprint density at radius 3 is 1.02 bits per heavy atom. The van der Waals surface area contributed by atoms with Gasteiger partial charge in [-0.3, -0.25) is 24.0 Å². The number of aliphatic hydroxyl groups excluding tert-OH is 6. The summed E-state index contributed by atoms with van der Waals surface area (Å²) in [5, 5.41) is 104. The van der Waals surface area contributed by atoms with E-state index < -0.39 is 114 Å². The summed E-state index contributed by atoms with van der Waals surface area (Å²) in [7, 11) is 0. The zero-order chi connectivity index (χ0) is 89.0. The van der Waals surface area contributed by atoms with Crippen molar-refractivity contribution in [3.05, 3.63) is 46.1 Å². The second-order valence-corrected chi connectivity index (χ2v) is 31.2. The number of carbonyl (C=O) groups is 5. The molecule has 4 amide bonds. The van der Waals surface area contributed by atoms with Crippen molar-refractivity contribution in [2.24, 2.45) is 5.11 Å². The van der Waals surface area contributed by atoms with E-state index in [1.807, 2.05) is 0 Å². The summed E-state index contributed by atoms with van der Waals surface area (Å²) in [6.45, 7) is 10.4. The molecule has 9 heterocycles. The third kappa shape index (κ3) is 34.2. The summed E-state index contributed by atoms with van der Waals surface area (Å²) in [6, 6.07) is -2.74. The van der Waals surface area contributed by atoms with Gasteiger partial charge in [-0.05, 0) is 31.2 Å². The fraction of sp³-hybridized carbons (Fsp3) is 0.857. The molecule has 0 radical (unpaired) electrons. The predicted octanol–water partition coefficient (Wildman–Crippen LogP) is -3.70. The first kappa shape index (κ1) is 102. The summed E-state index contributed by atoms with van der Waals surface area (Å²) in [6.07, 6.45) is 0.475. The maximum Gasteiger partial charge on any atom is 0.220 e. The third-order valence-corrected chi connectivity index (χ3v) is 20.9. The van der Waals surface area contributed by atoms with Gasteiger partial charge in [0.15, 0.2) is 18.9 Å². The van der Waals surface area contributed by atoms with E-state index in [2.05, 4.69) is 62.2 Å². The lowest BCUT2D eigenvalue weighted by Crippen LogP contribution is -2.66. The van der Waals surface area contributed by atoms with Gasteiger partial charge in [0.2, 0.25) is 23.6 Å². The van der Waals surface area contributed by atoms with Crippen molar-refractivity contribution >= 4 is 29.4 Å². The van der Waals surface area contributed by atoms with Gasteiger partial charge in [-0.1, -0.05) is 40.0 Å². The topological polar surface area (TPSA) is 590 Å². The van der Waals surface area contributed by atoms with Crippen molar-refractivity contribution < 1.29 is 154 Å². The molecule has 6 aliphatic rings. The first-order valence-corrected chi connectivity index (χ1v) is 42.6. The second kappa shape index (κ2) is 55.3. The van der Waals surface area contributed by atoms with E-state index in [0.717, 1.165) is 25.7 Å². The molecular weight excluding hydrogens is 1660 g/mol. The summed E-state index contributed by atoms with van der Waals surface area (Å²) in [4.78, 5) is 64.4. The molecule has 9 rings (SSSR count). The molecule has 6 saturated heterocycles. The number of ketones is 1. The number of azide groups is 1. The number of amides is 4. The molecule has 125 heavy (non-hydrogen) atoms. The van der Waals surface area contributed by atoms with Crippen molar-refractivity contribution in [3.8, 4) is 0 Å². The molecule has 3 aromatic rings. The number of aliphatic hydroxyl groups is 6. The molecule has 6 fully saturated rings. The number of unbranched alkanes of at least 4 members (excludes halogenated alkanes) is 5. The first-order valence-electron chi connectivity index (χ1n) is 42.6. The van der Waals surface area contributed by atoms with E-state index in [1.54, 1.807) is 32.6 Å². The fourth-order valence-corrected chi connectivity index (χ4v) is 14.4. The highest BCUT2D eigenvalue weighted by atomic mass is 16.8. The Hall–Kier alpha value is -6.80. The van der Waals surface area contributed by atoms with Crippen molar-refractivity contribution in [1.82, 2.24) is 66.2 Å². The van der Waals surface area contributed by atoms with E-state index in [1.165, 1.54) is 20.8 Å². The number of rotatable bonds is 71. The van der Waals surface area contributed by atoms with Crippen molar-refractivity contribution in [1.29, 1.82) is 0 Å². The first-order chi connectivity index (χ1) is 60.6. The Balaban J connectivity index is 0.699. The van der Waals surface area contributed by atoms with Crippen LogP contribution in [0.15, 0.2) is 23.7 Å². The molecule has 10 N–H and O–H groups in total. The highest BCUT2D eigenvalue weighted by Crippen LogP contribution is 2.40. The fourth-order valence-electron chi connectivity index (χ4n) is 14.4. The molecule has 15 atom stereocenters. The summed E-state index contributed by atoms with van der Waals surface area (Å²) < 4.78 is 127. The minimum absolute atomic E-state index is 0.0159. The lowest BCUT2D eigenvalue weighted by molar-refractivity contribution is -0.238. The molecule has 48 heteroatoms. The SMILES string of the molecule is CC(=O)N[C@H]1[C@H]2OC[C@](COCCOCCOCCOCCn3cc(COCC(COCc4cn(CCOCCOCCOCCOC[C@@]56CO[C@@H](O5)[C@H](NC(C)=O)[C@@H](O)[C@H]6O)nn4)(COCc4cn(CCOCCOCCOCCOC[C@@]56CO[C@@H](O5)[C@H](NC(C)=O)[C@@H](O)[C@H]6O)nn4)NC(=O)CCCCCCC(=O)CCCCCN=[N+]=[N-])nn3)(O2)[C@H](O)[C@@H]1O. The van der Waals surface area contributed by atoms with Crippen LogP contribution in [0.3, 0.4) is 0 Å². The molecule has 0 aromatic carbocycles. The van der Waals surface area contributed by atoms with Gasteiger partial charge in [-0.25, -0.2) is 14.0 Å². The lowest BCUT2D eigenvalue weighted by Gasteiger charge is -2.42. The number of carbonyl (C=O) groups excluding carboxylic acids is 5. The minimum atomic E-state index is -1.35. The molecule has 48 nitrogen and oxygen atoms in total. The lowest BCUT2D eigenvalue weighted by atomic mass is 9.88. The van der Waals surface area contributed by atoms with Gasteiger partial charge in [0.05, 0.1) is 256 Å².